The lowest BCUT2D eigenvalue weighted by Crippen LogP contribution is -2.52. The smallest absolute Gasteiger partial charge is 0.227 e. The number of aryl methyl sites for hydroxylation is 2. The lowest BCUT2D eigenvalue weighted by atomic mass is 10.0. The van der Waals surface area contributed by atoms with E-state index in [1.54, 1.807) is 0 Å². The van der Waals surface area contributed by atoms with Gasteiger partial charge in [0.2, 0.25) is 5.91 Å². The van der Waals surface area contributed by atoms with Crippen molar-refractivity contribution in [2.45, 2.75) is 33.2 Å². The van der Waals surface area contributed by atoms with Crippen LogP contribution < -0.4 is 5.32 Å². The minimum atomic E-state index is 0.248. The van der Waals surface area contributed by atoms with Gasteiger partial charge in [-0.2, -0.15) is 0 Å². The lowest BCUT2D eigenvalue weighted by molar-refractivity contribution is -0.133. The summed E-state index contributed by atoms with van der Waals surface area (Å²) >= 11 is 0. The molecule has 1 aliphatic heterocycles. The number of amides is 1. The van der Waals surface area contributed by atoms with Gasteiger partial charge in [0.25, 0.3) is 0 Å². The third-order valence-corrected chi connectivity index (χ3v) is 3.67. The van der Waals surface area contributed by atoms with Crippen LogP contribution in [0.5, 0.6) is 0 Å². The molecular formula is C15H22N2O. The number of benzene rings is 1. The van der Waals surface area contributed by atoms with Crippen LogP contribution in [0.2, 0.25) is 0 Å². The molecule has 1 amide bonds. The second-order valence-corrected chi connectivity index (χ2v) is 5.25. The summed E-state index contributed by atoms with van der Waals surface area (Å²) in [6, 6.07) is 6.62. The summed E-state index contributed by atoms with van der Waals surface area (Å²) in [5.74, 6) is 0.248. The molecule has 3 nitrogen and oxygen atoms in total. The average molecular weight is 246 g/mol. The molecule has 0 radical (unpaired) electrons. The van der Waals surface area contributed by atoms with Gasteiger partial charge in [0.1, 0.15) is 0 Å². The summed E-state index contributed by atoms with van der Waals surface area (Å²) in [5.41, 5.74) is 3.58. The van der Waals surface area contributed by atoms with E-state index in [4.69, 9.17) is 0 Å². The fourth-order valence-corrected chi connectivity index (χ4v) is 2.47. The van der Waals surface area contributed by atoms with E-state index in [9.17, 15) is 4.79 Å². The monoisotopic (exact) mass is 246 g/mol. The molecule has 18 heavy (non-hydrogen) atoms. The summed E-state index contributed by atoms with van der Waals surface area (Å²) in [6.45, 7) is 8.88. The first-order valence-corrected chi connectivity index (χ1v) is 6.64. The Hall–Kier alpha value is -1.35. The van der Waals surface area contributed by atoms with Crippen LogP contribution in [0.4, 0.5) is 0 Å². The van der Waals surface area contributed by atoms with Crippen LogP contribution in [0.25, 0.3) is 0 Å². The Balaban J connectivity index is 2.08. The molecule has 0 bridgehead atoms. The second kappa shape index (κ2) is 5.53. The van der Waals surface area contributed by atoms with Gasteiger partial charge in [-0.1, -0.05) is 23.8 Å². The summed E-state index contributed by atoms with van der Waals surface area (Å²) in [5, 5.41) is 3.31. The maximum Gasteiger partial charge on any atom is 0.227 e. The van der Waals surface area contributed by atoms with Crippen LogP contribution in [0.1, 0.15) is 23.6 Å². The van der Waals surface area contributed by atoms with E-state index in [2.05, 4.69) is 44.3 Å². The number of nitrogens with one attached hydrogen (secondary N) is 1. The molecule has 0 aliphatic carbocycles. The minimum absolute atomic E-state index is 0.248. The summed E-state index contributed by atoms with van der Waals surface area (Å²) in [6.07, 6.45) is 0.526. The SMILES string of the molecule is Cc1ccc(C)c(CC(=O)N2CCNC[C@@H]2C)c1. The second-order valence-electron chi connectivity index (χ2n) is 5.25. The normalized spacial score (nSPS) is 19.9. The Bertz CT molecular complexity index is 442. The number of carbonyl (C=O) groups is 1. The quantitative estimate of drug-likeness (QED) is 0.861. The van der Waals surface area contributed by atoms with Crippen molar-refractivity contribution in [2.75, 3.05) is 19.6 Å². The zero-order valence-corrected chi connectivity index (χ0v) is 11.5. The predicted molar refractivity (Wildman–Crippen MR) is 73.7 cm³/mol. The fraction of sp³-hybridized carbons (Fsp3) is 0.533. The number of nitrogens with zero attached hydrogens (tertiary/aromatic N) is 1. The molecule has 1 aromatic carbocycles. The average Bonchev–Trinajstić information content (AvgIpc) is 2.34. The zero-order valence-electron chi connectivity index (χ0n) is 11.5. The molecule has 3 heteroatoms. The molecule has 1 heterocycles. The number of hydrogen-bond acceptors (Lipinski definition) is 2. The molecule has 1 aromatic rings. The highest BCUT2D eigenvalue weighted by atomic mass is 16.2. The highest BCUT2D eigenvalue weighted by Gasteiger charge is 2.23. The molecule has 1 aliphatic rings. The molecule has 2 rings (SSSR count). The van der Waals surface area contributed by atoms with Gasteiger partial charge in [0, 0.05) is 25.7 Å². The number of piperazine rings is 1. The van der Waals surface area contributed by atoms with E-state index in [1.807, 2.05) is 4.90 Å². The van der Waals surface area contributed by atoms with Gasteiger partial charge in [-0.25, -0.2) is 0 Å². The standard InChI is InChI=1S/C15H22N2O/c1-11-4-5-12(2)14(8-11)9-15(18)17-7-6-16-10-13(17)3/h4-5,8,13,16H,6-7,9-10H2,1-3H3/t13-/m0/s1. The number of hydrogen-bond donors (Lipinski definition) is 1. The summed E-state index contributed by atoms with van der Waals surface area (Å²) in [7, 11) is 0. The van der Waals surface area contributed by atoms with Crippen molar-refractivity contribution in [3.63, 3.8) is 0 Å². The topological polar surface area (TPSA) is 32.3 Å². The minimum Gasteiger partial charge on any atom is -0.337 e. The van der Waals surface area contributed by atoms with Gasteiger partial charge < -0.3 is 10.2 Å². The molecule has 1 atom stereocenters. The highest BCUT2D eigenvalue weighted by Crippen LogP contribution is 2.14. The first kappa shape index (κ1) is 13.1. The predicted octanol–water partition coefficient (Wildman–Crippen LogP) is 1.67. The van der Waals surface area contributed by atoms with Crippen LogP contribution in [0.15, 0.2) is 18.2 Å². The lowest BCUT2D eigenvalue weighted by Gasteiger charge is -2.34. The Labute approximate surface area is 109 Å². The molecule has 98 valence electrons. The van der Waals surface area contributed by atoms with Crippen molar-refractivity contribution < 1.29 is 4.79 Å². The Morgan fingerprint density at radius 1 is 1.44 bits per heavy atom. The van der Waals surface area contributed by atoms with Gasteiger partial charge >= 0.3 is 0 Å². The van der Waals surface area contributed by atoms with Gasteiger partial charge in [-0.15, -0.1) is 0 Å². The Morgan fingerprint density at radius 3 is 2.94 bits per heavy atom. The van der Waals surface area contributed by atoms with Gasteiger partial charge in [0.05, 0.1) is 6.42 Å². The van der Waals surface area contributed by atoms with Crippen LogP contribution in [0, 0.1) is 13.8 Å². The van der Waals surface area contributed by atoms with Crippen LogP contribution in [-0.2, 0) is 11.2 Å². The first-order chi connectivity index (χ1) is 8.58. The van der Waals surface area contributed by atoms with Crippen LogP contribution >= 0.6 is 0 Å². The molecule has 1 saturated heterocycles. The van der Waals surface area contributed by atoms with Gasteiger partial charge in [-0.3, -0.25) is 4.79 Å². The van der Waals surface area contributed by atoms with Crippen molar-refractivity contribution in [3.05, 3.63) is 34.9 Å². The Kier molecular flexibility index (Phi) is 4.02. The molecule has 0 saturated carbocycles. The van der Waals surface area contributed by atoms with E-state index in [0.717, 1.165) is 25.2 Å². The highest BCUT2D eigenvalue weighted by molar-refractivity contribution is 5.79. The van der Waals surface area contributed by atoms with Crippen molar-refractivity contribution in [3.8, 4) is 0 Å². The molecule has 0 spiro atoms. The van der Waals surface area contributed by atoms with Crippen molar-refractivity contribution in [1.82, 2.24) is 10.2 Å². The summed E-state index contributed by atoms with van der Waals surface area (Å²) in [4.78, 5) is 14.3. The van der Waals surface area contributed by atoms with E-state index >= 15 is 0 Å². The number of rotatable bonds is 2. The first-order valence-electron chi connectivity index (χ1n) is 6.64. The molecule has 1 N–H and O–H groups in total. The van der Waals surface area contributed by atoms with E-state index in [1.165, 1.54) is 11.1 Å². The molecular weight excluding hydrogens is 224 g/mol. The van der Waals surface area contributed by atoms with Crippen molar-refractivity contribution in [2.24, 2.45) is 0 Å². The van der Waals surface area contributed by atoms with E-state index < -0.39 is 0 Å². The third-order valence-electron chi connectivity index (χ3n) is 3.67. The van der Waals surface area contributed by atoms with Gasteiger partial charge in [0.15, 0.2) is 0 Å². The zero-order chi connectivity index (χ0) is 13.1. The maximum absolute atomic E-state index is 12.3. The fourth-order valence-electron chi connectivity index (χ4n) is 2.47. The van der Waals surface area contributed by atoms with E-state index in [-0.39, 0.29) is 5.91 Å². The van der Waals surface area contributed by atoms with Gasteiger partial charge in [-0.05, 0) is 31.9 Å². The molecule has 0 aromatic heterocycles. The Morgan fingerprint density at radius 2 is 2.22 bits per heavy atom. The van der Waals surface area contributed by atoms with E-state index in [0.29, 0.717) is 12.5 Å². The largest absolute Gasteiger partial charge is 0.337 e. The van der Waals surface area contributed by atoms with Crippen molar-refractivity contribution in [1.29, 1.82) is 0 Å². The van der Waals surface area contributed by atoms with Crippen molar-refractivity contribution >= 4 is 5.91 Å². The molecule has 0 unspecified atom stereocenters. The third kappa shape index (κ3) is 2.91. The maximum atomic E-state index is 12.3. The number of carbonyl (C=O) groups excluding carboxylic acids is 1. The molecule has 1 fully saturated rings. The summed E-state index contributed by atoms with van der Waals surface area (Å²) < 4.78 is 0. The van der Waals surface area contributed by atoms with Crippen LogP contribution in [-0.4, -0.2) is 36.5 Å². The van der Waals surface area contributed by atoms with Crippen LogP contribution in [0.3, 0.4) is 0 Å².